The number of allylic oxidation sites excluding steroid dienone is 16. The average molecular weight is 665 g/mol. The third-order valence-electron chi connectivity index (χ3n) is 7.36. The first-order valence-corrected chi connectivity index (χ1v) is 18.8. The standard InChI is InChI=1S/C43H68O5/c1-3-5-7-9-11-13-15-17-19-21-23-25-27-29-31-33-35-37-42(45)47-40-41(39-44)48-43(46)38-36-34-32-30-28-26-24-22-20-18-16-14-12-10-8-6-4-2/h6,8,11-14,17-20,23-26,30,32,41,44H,3-5,7,9-10,15-16,21-22,27-29,31,33-40H2,1-2H3/t41-/m0/s1. The summed E-state index contributed by atoms with van der Waals surface area (Å²) in [6, 6.07) is 0. The summed E-state index contributed by atoms with van der Waals surface area (Å²) in [5, 5.41) is 9.53. The number of unbranched alkanes of at least 4 members (excludes halogenated alkanes) is 8. The van der Waals surface area contributed by atoms with Gasteiger partial charge >= 0.3 is 11.9 Å². The maximum Gasteiger partial charge on any atom is 0.306 e. The molecule has 0 aliphatic heterocycles. The second-order valence-corrected chi connectivity index (χ2v) is 11.9. The summed E-state index contributed by atoms with van der Waals surface area (Å²) in [5.41, 5.74) is 0. The van der Waals surface area contributed by atoms with Crippen molar-refractivity contribution < 1.29 is 24.2 Å². The average Bonchev–Trinajstić information content (AvgIpc) is 3.09. The topological polar surface area (TPSA) is 72.8 Å². The van der Waals surface area contributed by atoms with Crippen LogP contribution in [-0.4, -0.2) is 36.4 Å². The van der Waals surface area contributed by atoms with E-state index in [2.05, 4.69) is 111 Å². The summed E-state index contributed by atoms with van der Waals surface area (Å²) >= 11 is 0. The van der Waals surface area contributed by atoms with E-state index >= 15 is 0 Å². The van der Waals surface area contributed by atoms with Gasteiger partial charge in [-0.1, -0.05) is 137 Å². The lowest BCUT2D eigenvalue weighted by atomic mass is 10.1. The van der Waals surface area contributed by atoms with Crippen molar-refractivity contribution in [3.05, 3.63) is 97.2 Å². The van der Waals surface area contributed by atoms with Crippen LogP contribution in [0.1, 0.15) is 142 Å². The lowest BCUT2D eigenvalue weighted by molar-refractivity contribution is -0.161. The second kappa shape index (κ2) is 38.3. The zero-order valence-corrected chi connectivity index (χ0v) is 30.5. The van der Waals surface area contributed by atoms with Crippen molar-refractivity contribution >= 4 is 11.9 Å². The number of carbonyl (C=O) groups is 2. The number of hydrogen-bond donors (Lipinski definition) is 1. The number of ether oxygens (including phenoxy) is 2. The number of hydrogen-bond acceptors (Lipinski definition) is 5. The van der Waals surface area contributed by atoms with Gasteiger partial charge in [0.05, 0.1) is 6.61 Å². The monoisotopic (exact) mass is 665 g/mol. The molecule has 0 rings (SSSR count). The van der Waals surface area contributed by atoms with Gasteiger partial charge in [0.1, 0.15) is 6.61 Å². The molecule has 270 valence electrons. The molecule has 0 aromatic rings. The lowest BCUT2D eigenvalue weighted by Gasteiger charge is -2.15. The van der Waals surface area contributed by atoms with Crippen LogP contribution in [0, 0.1) is 0 Å². The van der Waals surface area contributed by atoms with E-state index in [1.807, 2.05) is 0 Å². The third-order valence-corrected chi connectivity index (χ3v) is 7.36. The zero-order valence-electron chi connectivity index (χ0n) is 30.5. The highest BCUT2D eigenvalue weighted by atomic mass is 16.6. The molecule has 0 heterocycles. The first-order valence-electron chi connectivity index (χ1n) is 18.8. The molecule has 0 aromatic carbocycles. The van der Waals surface area contributed by atoms with Gasteiger partial charge in [-0.25, -0.2) is 0 Å². The zero-order chi connectivity index (χ0) is 35.0. The Kier molecular flexibility index (Phi) is 35.7. The molecule has 1 atom stereocenters. The van der Waals surface area contributed by atoms with Crippen molar-refractivity contribution in [1.29, 1.82) is 0 Å². The Balaban J connectivity index is 3.76. The van der Waals surface area contributed by atoms with Gasteiger partial charge in [0.15, 0.2) is 6.10 Å². The van der Waals surface area contributed by atoms with E-state index in [4.69, 9.17) is 9.47 Å². The van der Waals surface area contributed by atoms with Crippen LogP contribution in [0.4, 0.5) is 0 Å². The van der Waals surface area contributed by atoms with Crippen LogP contribution in [0.25, 0.3) is 0 Å². The first-order chi connectivity index (χ1) is 23.6. The Bertz CT molecular complexity index is 979. The second-order valence-electron chi connectivity index (χ2n) is 11.9. The molecule has 0 saturated carbocycles. The molecular formula is C43H68O5. The van der Waals surface area contributed by atoms with Crippen molar-refractivity contribution in [3.63, 3.8) is 0 Å². The number of aliphatic hydroxyl groups is 1. The van der Waals surface area contributed by atoms with Crippen LogP contribution in [0.3, 0.4) is 0 Å². The quantitative estimate of drug-likeness (QED) is 0.0440. The van der Waals surface area contributed by atoms with E-state index < -0.39 is 6.10 Å². The predicted molar refractivity (Wildman–Crippen MR) is 205 cm³/mol. The van der Waals surface area contributed by atoms with Crippen LogP contribution in [-0.2, 0) is 19.1 Å². The fraction of sp³-hybridized carbons (Fsp3) is 0.581. The molecule has 0 saturated heterocycles. The Labute approximate surface area is 294 Å². The van der Waals surface area contributed by atoms with Crippen molar-refractivity contribution in [1.82, 2.24) is 0 Å². The van der Waals surface area contributed by atoms with Gasteiger partial charge in [-0.3, -0.25) is 9.59 Å². The minimum absolute atomic E-state index is 0.107. The summed E-state index contributed by atoms with van der Waals surface area (Å²) in [5.74, 6) is -0.696. The number of aliphatic hydroxyl groups excluding tert-OH is 1. The highest BCUT2D eigenvalue weighted by Gasteiger charge is 2.15. The maximum absolute atomic E-state index is 12.1. The molecule has 0 bridgehead atoms. The summed E-state index contributed by atoms with van der Waals surface area (Å²) < 4.78 is 10.5. The van der Waals surface area contributed by atoms with Gasteiger partial charge in [-0.2, -0.15) is 0 Å². The van der Waals surface area contributed by atoms with E-state index in [0.717, 1.165) is 83.5 Å². The number of rotatable bonds is 32. The van der Waals surface area contributed by atoms with Crippen LogP contribution in [0.5, 0.6) is 0 Å². The normalized spacial score (nSPS) is 13.3. The van der Waals surface area contributed by atoms with Crippen molar-refractivity contribution in [2.45, 2.75) is 148 Å². The molecule has 5 nitrogen and oxygen atoms in total. The Hall–Kier alpha value is -3.18. The Morgan fingerprint density at radius 2 is 0.917 bits per heavy atom. The molecule has 0 aliphatic rings. The summed E-state index contributed by atoms with van der Waals surface area (Å²) in [6.45, 7) is 3.90. The smallest absolute Gasteiger partial charge is 0.306 e. The van der Waals surface area contributed by atoms with Gasteiger partial charge in [0, 0.05) is 12.8 Å². The highest BCUT2D eigenvalue weighted by Crippen LogP contribution is 2.09. The van der Waals surface area contributed by atoms with Gasteiger partial charge < -0.3 is 14.6 Å². The molecule has 0 amide bonds. The highest BCUT2D eigenvalue weighted by molar-refractivity contribution is 5.70. The molecule has 48 heavy (non-hydrogen) atoms. The van der Waals surface area contributed by atoms with E-state index in [1.54, 1.807) is 0 Å². The molecule has 5 heteroatoms. The number of carbonyl (C=O) groups excluding carboxylic acids is 2. The molecule has 0 fully saturated rings. The predicted octanol–water partition coefficient (Wildman–Crippen LogP) is 11.7. The maximum atomic E-state index is 12.1. The van der Waals surface area contributed by atoms with Crippen LogP contribution >= 0.6 is 0 Å². The van der Waals surface area contributed by atoms with Crippen LogP contribution in [0.15, 0.2) is 97.2 Å². The Morgan fingerprint density at radius 1 is 0.500 bits per heavy atom. The Morgan fingerprint density at radius 3 is 1.40 bits per heavy atom. The first kappa shape index (κ1) is 44.8. The van der Waals surface area contributed by atoms with Gasteiger partial charge in [0.2, 0.25) is 0 Å². The third kappa shape index (κ3) is 35.7. The molecule has 0 aliphatic carbocycles. The van der Waals surface area contributed by atoms with E-state index in [0.29, 0.717) is 12.8 Å². The molecule has 0 spiro atoms. The van der Waals surface area contributed by atoms with E-state index in [1.165, 1.54) is 25.7 Å². The van der Waals surface area contributed by atoms with Crippen LogP contribution in [0.2, 0.25) is 0 Å². The lowest BCUT2D eigenvalue weighted by Crippen LogP contribution is -2.28. The minimum atomic E-state index is -0.816. The van der Waals surface area contributed by atoms with Gasteiger partial charge in [-0.15, -0.1) is 0 Å². The fourth-order valence-electron chi connectivity index (χ4n) is 4.53. The largest absolute Gasteiger partial charge is 0.462 e. The molecule has 0 unspecified atom stereocenters. The van der Waals surface area contributed by atoms with Crippen LogP contribution < -0.4 is 0 Å². The fourth-order valence-corrected chi connectivity index (χ4v) is 4.53. The number of esters is 2. The molecule has 0 aromatic heterocycles. The summed E-state index contributed by atoms with van der Waals surface area (Å²) in [7, 11) is 0. The van der Waals surface area contributed by atoms with Gasteiger partial charge in [-0.05, 0) is 89.9 Å². The molecule has 1 N–H and O–H groups in total. The summed E-state index contributed by atoms with van der Waals surface area (Å²) in [6.07, 6.45) is 53.2. The SMILES string of the molecule is CCC=CCC=CCC=CCC=CCC=CCCCC(=O)O[C@@H](CO)COC(=O)CCCCCCC=CCC=CCC=CCCCCC. The minimum Gasteiger partial charge on any atom is -0.462 e. The van der Waals surface area contributed by atoms with E-state index in [-0.39, 0.29) is 31.6 Å². The van der Waals surface area contributed by atoms with E-state index in [9.17, 15) is 14.7 Å². The molecular weight excluding hydrogens is 596 g/mol. The van der Waals surface area contributed by atoms with Gasteiger partial charge in [0.25, 0.3) is 0 Å². The van der Waals surface area contributed by atoms with Crippen molar-refractivity contribution in [3.8, 4) is 0 Å². The van der Waals surface area contributed by atoms with Crippen molar-refractivity contribution in [2.75, 3.05) is 13.2 Å². The molecule has 0 radical (unpaired) electrons. The summed E-state index contributed by atoms with van der Waals surface area (Å²) in [4.78, 5) is 24.2. The van der Waals surface area contributed by atoms with Crippen molar-refractivity contribution in [2.24, 2.45) is 0 Å².